The summed E-state index contributed by atoms with van der Waals surface area (Å²) in [5.74, 6) is -0.424. The van der Waals surface area contributed by atoms with Crippen molar-refractivity contribution in [2.24, 2.45) is 5.73 Å². The molecule has 4 N–H and O–H groups in total. The van der Waals surface area contributed by atoms with E-state index in [2.05, 4.69) is 5.32 Å². The Morgan fingerprint density at radius 3 is 2.93 bits per heavy atom. The van der Waals surface area contributed by atoms with Crippen LogP contribution in [0.4, 0.5) is 0 Å². The molecule has 1 rings (SSSR count). The Kier molecular flexibility index (Phi) is 4.27. The first kappa shape index (κ1) is 11.7. The number of nitrogens with two attached hydrogens (primary N) is 1. The van der Waals surface area contributed by atoms with E-state index in [-0.39, 0.29) is 12.6 Å². The zero-order chi connectivity index (χ0) is 11.3. The summed E-state index contributed by atoms with van der Waals surface area (Å²) in [6.45, 7) is 2.59. The fraction of sp³-hybridized carbons (Fsp3) is 0.364. The van der Waals surface area contributed by atoms with Crippen molar-refractivity contribution in [2.75, 3.05) is 6.61 Å². The Morgan fingerprint density at radius 1 is 1.60 bits per heavy atom. The van der Waals surface area contributed by atoms with Gasteiger partial charge in [-0.1, -0.05) is 12.1 Å². The number of amides is 1. The summed E-state index contributed by atoms with van der Waals surface area (Å²) in [5.41, 5.74) is 6.65. The average Bonchev–Trinajstić information content (AvgIpc) is 2.26. The Morgan fingerprint density at radius 2 is 2.33 bits per heavy atom. The summed E-state index contributed by atoms with van der Waals surface area (Å²) >= 11 is 0. The van der Waals surface area contributed by atoms with Crippen molar-refractivity contribution in [3.63, 3.8) is 0 Å². The second kappa shape index (κ2) is 5.48. The largest absolute Gasteiger partial charge is 0.395 e. The third kappa shape index (κ3) is 3.69. The van der Waals surface area contributed by atoms with Gasteiger partial charge in [0.1, 0.15) is 0 Å². The molecule has 1 amide bonds. The lowest BCUT2D eigenvalue weighted by Gasteiger charge is -2.10. The molecular formula is C11H16N2O2. The highest BCUT2D eigenvalue weighted by Gasteiger charge is 2.02. The fourth-order valence-corrected chi connectivity index (χ4v) is 1.19. The summed E-state index contributed by atoms with van der Waals surface area (Å²) in [4.78, 5) is 10.9. The van der Waals surface area contributed by atoms with Crippen molar-refractivity contribution in [1.29, 1.82) is 0 Å². The normalized spacial score (nSPS) is 12.4. The van der Waals surface area contributed by atoms with Gasteiger partial charge in [-0.2, -0.15) is 0 Å². The molecule has 0 heterocycles. The van der Waals surface area contributed by atoms with E-state index < -0.39 is 5.91 Å². The minimum absolute atomic E-state index is 0.0437. The van der Waals surface area contributed by atoms with Crippen molar-refractivity contribution in [3.8, 4) is 0 Å². The number of nitrogens with one attached hydrogen (secondary N) is 1. The number of primary amides is 1. The Balaban J connectivity index is 2.62. The molecule has 0 radical (unpaired) electrons. The molecule has 1 atom stereocenters. The molecule has 0 bridgehead atoms. The molecule has 15 heavy (non-hydrogen) atoms. The van der Waals surface area contributed by atoms with Gasteiger partial charge in [0.2, 0.25) is 5.91 Å². The number of carbonyl (C=O) groups excluding carboxylic acids is 1. The predicted octanol–water partition coefficient (Wildman–Crippen LogP) is 0.256. The van der Waals surface area contributed by atoms with Crippen LogP contribution in [-0.4, -0.2) is 23.7 Å². The molecule has 0 fully saturated rings. The Hall–Kier alpha value is -1.39. The summed E-state index contributed by atoms with van der Waals surface area (Å²) in [6.07, 6.45) is 0. The van der Waals surface area contributed by atoms with Gasteiger partial charge in [-0.05, 0) is 24.6 Å². The van der Waals surface area contributed by atoms with E-state index in [4.69, 9.17) is 10.8 Å². The maximum atomic E-state index is 10.9. The second-order valence-electron chi connectivity index (χ2n) is 3.53. The van der Waals surface area contributed by atoms with Gasteiger partial charge in [0.15, 0.2) is 0 Å². The van der Waals surface area contributed by atoms with E-state index >= 15 is 0 Å². The quantitative estimate of drug-likeness (QED) is 0.649. The maximum absolute atomic E-state index is 10.9. The Bertz CT molecular complexity index is 339. The third-order valence-electron chi connectivity index (χ3n) is 2.14. The van der Waals surface area contributed by atoms with Gasteiger partial charge in [0, 0.05) is 18.2 Å². The fourth-order valence-electron chi connectivity index (χ4n) is 1.19. The molecule has 4 heteroatoms. The lowest BCUT2D eigenvalue weighted by molar-refractivity contribution is 0.1000. The number of rotatable bonds is 5. The number of aliphatic hydroxyl groups is 1. The van der Waals surface area contributed by atoms with Gasteiger partial charge in [-0.25, -0.2) is 0 Å². The van der Waals surface area contributed by atoms with Gasteiger partial charge in [-0.3, -0.25) is 4.79 Å². The van der Waals surface area contributed by atoms with Crippen LogP contribution in [0.2, 0.25) is 0 Å². The first-order chi connectivity index (χ1) is 7.13. The zero-order valence-electron chi connectivity index (χ0n) is 8.73. The smallest absolute Gasteiger partial charge is 0.248 e. The van der Waals surface area contributed by atoms with Crippen LogP contribution in [0.1, 0.15) is 22.8 Å². The number of aliphatic hydroxyl groups excluding tert-OH is 1. The number of hydrogen-bond donors (Lipinski definition) is 3. The standard InChI is InChI=1S/C11H16N2O2/c1-8(7-14)13-6-9-3-2-4-10(5-9)11(12)15/h2-5,8,13-14H,6-7H2,1H3,(H2,12,15)/t8-/m0/s1. The monoisotopic (exact) mass is 208 g/mol. The summed E-state index contributed by atoms with van der Waals surface area (Å²) in [6, 6.07) is 7.17. The third-order valence-corrected chi connectivity index (χ3v) is 2.14. The topological polar surface area (TPSA) is 75.3 Å². The van der Waals surface area contributed by atoms with Crippen molar-refractivity contribution >= 4 is 5.91 Å². The molecule has 0 saturated heterocycles. The van der Waals surface area contributed by atoms with Gasteiger partial charge in [0.25, 0.3) is 0 Å². The van der Waals surface area contributed by atoms with E-state index in [1.165, 1.54) is 0 Å². The van der Waals surface area contributed by atoms with E-state index in [0.29, 0.717) is 12.1 Å². The molecule has 4 nitrogen and oxygen atoms in total. The van der Waals surface area contributed by atoms with Crippen LogP contribution in [-0.2, 0) is 6.54 Å². The molecule has 0 aliphatic heterocycles. The van der Waals surface area contributed by atoms with Crippen LogP contribution in [0.15, 0.2) is 24.3 Å². The van der Waals surface area contributed by atoms with Gasteiger partial charge in [0.05, 0.1) is 6.61 Å². The predicted molar refractivity (Wildman–Crippen MR) is 58.3 cm³/mol. The molecule has 0 spiro atoms. The summed E-state index contributed by atoms with van der Waals surface area (Å²) in [7, 11) is 0. The molecule has 0 aliphatic carbocycles. The molecule has 82 valence electrons. The molecule has 0 unspecified atom stereocenters. The molecule has 0 aliphatic rings. The second-order valence-corrected chi connectivity index (χ2v) is 3.53. The van der Waals surface area contributed by atoms with Crippen LogP contribution in [0, 0.1) is 0 Å². The zero-order valence-corrected chi connectivity index (χ0v) is 8.73. The molecular weight excluding hydrogens is 192 g/mol. The highest BCUT2D eigenvalue weighted by Crippen LogP contribution is 2.04. The number of carbonyl (C=O) groups is 1. The van der Waals surface area contributed by atoms with Crippen molar-refractivity contribution in [3.05, 3.63) is 35.4 Å². The first-order valence-corrected chi connectivity index (χ1v) is 4.86. The van der Waals surface area contributed by atoms with Crippen LogP contribution in [0.25, 0.3) is 0 Å². The maximum Gasteiger partial charge on any atom is 0.248 e. The van der Waals surface area contributed by atoms with E-state index in [9.17, 15) is 4.79 Å². The SMILES string of the molecule is C[C@@H](CO)NCc1cccc(C(N)=O)c1. The minimum atomic E-state index is -0.424. The van der Waals surface area contributed by atoms with E-state index in [1.807, 2.05) is 13.0 Å². The van der Waals surface area contributed by atoms with Crippen LogP contribution >= 0.6 is 0 Å². The summed E-state index contributed by atoms with van der Waals surface area (Å²) in [5, 5.41) is 11.9. The average molecular weight is 208 g/mol. The van der Waals surface area contributed by atoms with Crippen LogP contribution in [0.3, 0.4) is 0 Å². The van der Waals surface area contributed by atoms with Gasteiger partial charge in [-0.15, -0.1) is 0 Å². The minimum Gasteiger partial charge on any atom is -0.395 e. The van der Waals surface area contributed by atoms with Crippen molar-refractivity contribution in [2.45, 2.75) is 19.5 Å². The summed E-state index contributed by atoms with van der Waals surface area (Å²) < 4.78 is 0. The highest BCUT2D eigenvalue weighted by atomic mass is 16.3. The van der Waals surface area contributed by atoms with E-state index in [0.717, 1.165) is 5.56 Å². The highest BCUT2D eigenvalue weighted by molar-refractivity contribution is 5.92. The first-order valence-electron chi connectivity index (χ1n) is 4.86. The number of hydrogen-bond acceptors (Lipinski definition) is 3. The number of benzene rings is 1. The van der Waals surface area contributed by atoms with E-state index in [1.54, 1.807) is 18.2 Å². The van der Waals surface area contributed by atoms with Gasteiger partial charge < -0.3 is 16.2 Å². The molecule has 1 aromatic carbocycles. The van der Waals surface area contributed by atoms with Crippen molar-refractivity contribution < 1.29 is 9.90 Å². The lowest BCUT2D eigenvalue weighted by atomic mass is 10.1. The molecule has 0 aromatic heterocycles. The molecule has 1 aromatic rings. The van der Waals surface area contributed by atoms with Gasteiger partial charge >= 0.3 is 0 Å². The van der Waals surface area contributed by atoms with Crippen LogP contribution < -0.4 is 11.1 Å². The lowest BCUT2D eigenvalue weighted by Crippen LogP contribution is -2.28. The molecule has 0 saturated carbocycles. The van der Waals surface area contributed by atoms with Crippen LogP contribution in [0.5, 0.6) is 0 Å². The Labute approximate surface area is 89.1 Å². The van der Waals surface area contributed by atoms with Crippen molar-refractivity contribution in [1.82, 2.24) is 5.32 Å².